The van der Waals surface area contributed by atoms with Crippen molar-refractivity contribution in [2.45, 2.75) is 46.1 Å². The van der Waals surface area contributed by atoms with E-state index < -0.39 is 0 Å². The number of aromatic nitrogens is 1. The highest BCUT2D eigenvalue weighted by atomic mass is 35.5. The molecule has 2 atom stereocenters. The summed E-state index contributed by atoms with van der Waals surface area (Å²) in [5, 5.41) is 0.566. The molecule has 0 spiro atoms. The Morgan fingerprint density at radius 2 is 2.25 bits per heavy atom. The van der Waals surface area contributed by atoms with Crippen LogP contribution in [0.4, 0.5) is 0 Å². The largest absolute Gasteiger partial charge is 0.246 e. The first kappa shape index (κ1) is 13.2. The zero-order valence-corrected chi connectivity index (χ0v) is 9.88. The molecule has 0 saturated carbocycles. The molecule has 0 aliphatic carbocycles. The Balaban J connectivity index is 0.00000128. The highest BCUT2D eigenvalue weighted by Gasteiger charge is 2.31. The smallest absolute Gasteiger partial charge is 0.158 e. The fourth-order valence-corrected chi connectivity index (χ4v) is 2.36. The maximum atomic E-state index is 5.78. The maximum Gasteiger partial charge on any atom is 0.158 e. The van der Waals surface area contributed by atoms with Crippen LogP contribution in [0.2, 0.25) is 5.15 Å². The minimum absolute atomic E-state index is 0. The Hall–Kier alpha value is -0.890. The Labute approximate surface area is 103 Å². The molecule has 88 valence electrons. The maximum absolute atomic E-state index is 5.78. The second kappa shape index (κ2) is 5.44. The van der Waals surface area contributed by atoms with Crippen LogP contribution in [0.5, 0.6) is 0 Å². The van der Waals surface area contributed by atoms with Crippen molar-refractivity contribution in [3.8, 4) is 0 Å². The lowest BCUT2D eigenvalue weighted by atomic mass is 9.92. The monoisotopic (exact) mass is 239 g/mol. The average molecular weight is 240 g/mol. The van der Waals surface area contributed by atoms with Gasteiger partial charge >= 0.3 is 0 Å². The molecule has 0 fully saturated rings. The number of hydrogen-bond donors (Lipinski definition) is 1. The van der Waals surface area contributed by atoms with Crippen LogP contribution in [0.3, 0.4) is 0 Å². The van der Waals surface area contributed by atoms with E-state index in [1.54, 1.807) is 0 Å². The third-order valence-electron chi connectivity index (χ3n) is 2.98. The van der Waals surface area contributed by atoms with E-state index in [1.165, 1.54) is 11.3 Å². The fourth-order valence-electron chi connectivity index (χ4n) is 2.25. The Kier molecular flexibility index (Phi) is 4.48. The number of halogens is 1. The van der Waals surface area contributed by atoms with Gasteiger partial charge in [0.25, 0.3) is 0 Å². The molecule has 0 aromatic carbocycles. The molecule has 0 amide bonds. The molecule has 1 aliphatic heterocycles. The molecule has 1 aromatic heterocycles. The lowest BCUT2D eigenvalue weighted by Gasteiger charge is -2.07. The SMILES string of the molecule is C.CCC1=[NH+][C@H](C)C[C@@H]1c1ccc(Cl)nc1. The number of hydrogen-bond acceptors (Lipinski definition) is 1. The quantitative estimate of drug-likeness (QED) is 0.787. The van der Waals surface area contributed by atoms with Gasteiger partial charge in [-0.15, -0.1) is 0 Å². The molecule has 0 unspecified atom stereocenters. The second-order valence-corrected chi connectivity index (χ2v) is 4.51. The van der Waals surface area contributed by atoms with Crippen LogP contribution >= 0.6 is 11.6 Å². The van der Waals surface area contributed by atoms with Crippen LogP contribution in [-0.4, -0.2) is 16.7 Å². The van der Waals surface area contributed by atoms with Crippen LogP contribution < -0.4 is 4.99 Å². The normalized spacial score (nSPS) is 23.8. The van der Waals surface area contributed by atoms with Crippen molar-refractivity contribution in [2.75, 3.05) is 0 Å². The van der Waals surface area contributed by atoms with E-state index in [0.29, 0.717) is 17.1 Å². The molecule has 0 saturated heterocycles. The summed E-state index contributed by atoms with van der Waals surface area (Å²) in [6, 6.07) is 4.52. The van der Waals surface area contributed by atoms with Crippen molar-refractivity contribution in [3.05, 3.63) is 29.0 Å². The van der Waals surface area contributed by atoms with Crippen molar-refractivity contribution in [1.82, 2.24) is 4.98 Å². The van der Waals surface area contributed by atoms with Crippen LogP contribution in [0.15, 0.2) is 18.3 Å². The molecule has 2 rings (SSSR count). The highest BCUT2D eigenvalue weighted by molar-refractivity contribution is 6.29. The predicted molar refractivity (Wildman–Crippen MR) is 69.1 cm³/mol. The van der Waals surface area contributed by atoms with Gasteiger partial charge in [-0.25, -0.2) is 9.98 Å². The molecule has 3 heteroatoms. The van der Waals surface area contributed by atoms with E-state index in [4.69, 9.17) is 11.6 Å². The number of nitrogens with zero attached hydrogens (tertiary/aromatic N) is 1. The first-order valence-corrected chi connectivity index (χ1v) is 5.82. The van der Waals surface area contributed by atoms with Crippen molar-refractivity contribution >= 4 is 17.3 Å². The molecule has 2 nitrogen and oxygen atoms in total. The lowest BCUT2D eigenvalue weighted by Crippen LogP contribution is -2.75. The summed E-state index contributed by atoms with van der Waals surface area (Å²) in [4.78, 5) is 7.66. The van der Waals surface area contributed by atoms with E-state index >= 15 is 0 Å². The molecule has 1 aromatic rings. The van der Waals surface area contributed by atoms with Crippen molar-refractivity contribution in [3.63, 3.8) is 0 Å². The van der Waals surface area contributed by atoms with Gasteiger partial charge in [-0.3, -0.25) is 0 Å². The standard InChI is InChI=1S/C12H15ClN2.CH4/c1-3-11-10(6-8(2)15-11)9-4-5-12(13)14-7-9;/h4-5,7-8,10H,3,6H2,1-2H3;1H4/p+1/t8-,10-;/m1./s1. The summed E-state index contributed by atoms with van der Waals surface area (Å²) in [5.41, 5.74) is 2.69. The van der Waals surface area contributed by atoms with Crippen molar-refractivity contribution in [2.24, 2.45) is 0 Å². The molecule has 2 heterocycles. The van der Waals surface area contributed by atoms with Gasteiger partial charge in [-0.2, -0.15) is 0 Å². The van der Waals surface area contributed by atoms with Gasteiger partial charge < -0.3 is 0 Å². The minimum atomic E-state index is 0. The Bertz CT molecular complexity index is 370. The molecule has 1 aliphatic rings. The molecule has 1 N–H and O–H groups in total. The third kappa shape index (κ3) is 2.62. The van der Waals surface area contributed by atoms with Crippen LogP contribution in [-0.2, 0) is 0 Å². The van der Waals surface area contributed by atoms with Gasteiger partial charge in [-0.1, -0.05) is 32.0 Å². The second-order valence-electron chi connectivity index (χ2n) is 4.13. The summed E-state index contributed by atoms with van der Waals surface area (Å²) in [6.07, 6.45) is 4.13. The van der Waals surface area contributed by atoms with E-state index in [0.717, 1.165) is 12.8 Å². The molecular formula is C13H20ClN2+. The molecule has 0 radical (unpaired) electrons. The third-order valence-corrected chi connectivity index (χ3v) is 3.20. The van der Waals surface area contributed by atoms with Gasteiger partial charge in [0.15, 0.2) is 5.71 Å². The lowest BCUT2D eigenvalue weighted by molar-refractivity contribution is -0.489. The minimum Gasteiger partial charge on any atom is -0.246 e. The first-order valence-electron chi connectivity index (χ1n) is 5.44. The number of nitrogens with one attached hydrogen (secondary N) is 1. The average Bonchev–Trinajstić information content (AvgIpc) is 2.61. The van der Waals surface area contributed by atoms with E-state index in [9.17, 15) is 0 Å². The fraction of sp³-hybridized carbons (Fsp3) is 0.538. The van der Waals surface area contributed by atoms with Crippen molar-refractivity contribution in [1.29, 1.82) is 0 Å². The first-order chi connectivity index (χ1) is 7.20. The Morgan fingerprint density at radius 3 is 2.81 bits per heavy atom. The topological polar surface area (TPSA) is 26.9 Å². The van der Waals surface area contributed by atoms with Gasteiger partial charge in [0, 0.05) is 19.0 Å². The van der Waals surface area contributed by atoms with Crippen LogP contribution in [0, 0.1) is 0 Å². The summed E-state index contributed by atoms with van der Waals surface area (Å²) in [5.74, 6) is 0.509. The number of rotatable bonds is 2. The van der Waals surface area contributed by atoms with Gasteiger partial charge in [0.1, 0.15) is 11.2 Å². The van der Waals surface area contributed by atoms with Crippen molar-refractivity contribution < 1.29 is 4.99 Å². The van der Waals surface area contributed by atoms with Gasteiger partial charge in [0.2, 0.25) is 0 Å². The van der Waals surface area contributed by atoms with Crippen LogP contribution in [0.1, 0.15) is 45.6 Å². The number of pyridine rings is 1. The summed E-state index contributed by atoms with van der Waals surface area (Å²) in [7, 11) is 0. The zero-order chi connectivity index (χ0) is 10.8. The molecule has 0 bridgehead atoms. The van der Waals surface area contributed by atoms with E-state index in [2.05, 4.69) is 29.9 Å². The van der Waals surface area contributed by atoms with Gasteiger partial charge in [-0.05, 0) is 18.6 Å². The predicted octanol–water partition coefficient (Wildman–Crippen LogP) is 2.18. The zero-order valence-electron chi connectivity index (χ0n) is 9.13. The van der Waals surface area contributed by atoms with Crippen LogP contribution in [0.25, 0.3) is 0 Å². The Morgan fingerprint density at radius 1 is 1.50 bits per heavy atom. The summed E-state index contributed by atoms with van der Waals surface area (Å²) in [6.45, 7) is 4.41. The summed E-state index contributed by atoms with van der Waals surface area (Å²) >= 11 is 5.78. The molecule has 16 heavy (non-hydrogen) atoms. The van der Waals surface area contributed by atoms with E-state index in [-0.39, 0.29) is 7.43 Å². The summed E-state index contributed by atoms with van der Waals surface area (Å²) < 4.78 is 0. The van der Waals surface area contributed by atoms with E-state index in [1.807, 2.05) is 12.3 Å². The highest BCUT2D eigenvalue weighted by Crippen LogP contribution is 2.24. The van der Waals surface area contributed by atoms with Gasteiger partial charge in [0.05, 0.1) is 5.92 Å². The molecular weight excluding hydrogens is 220 g/mol.